The Kier molecular flexibility index (Phi) is 3.36. The van der Waals surface area contributed by atoms with E-state index in [0.717, 1.165) is 5.52 Å². The second-order valence-corrected chi connectivity index (χ2v) is 7.45. The molecule has 1 aromatic carbocycles. The number of hydrogen-bond acceptors (Lipinski definition) is 5. The average molecular weight is 305 g/mol. The molecule has 1 atom stereocenters. The minimum Gasteiger partial charge on any atom is -0.336 e. The van der Waals surface area contributed by atoms with Crippen molar-refractivity contribution in [1.82, 2.24) is 14.9 Å². The first-order valence-electron chi connectivity index (χ1n) is 6.66. The molecule has 21 heavy (non-hydrogen) atoms. The van der Waals surface area contributed by atoms with Crippen LogP contribution in [-0.4, -0.2) is 53.8 Å². The highest BCUT2D eigenvalue weighted by molar-refractivity contribution is 7.91. The number of hydrogen-bond donors (Lipinski definition) is 0. The predicted molar refractivity (Wildman–Crippen MR) is 78.7 cm³/mol. The van der Waals surface area contributed by atoms with Gasteiger partial charge in [0.15, 0.2) is 9.84 Å². The summed E-state index contributed by atoms with van der Waals surface area (Å²) >= 11 is 0. The normalized spacial score (nSPS) is 20.5. The molecule has 0 saturated carbocycles. The highest BCUT2D eigenvalue weighted by atomic mass is 32.2. The molecule has 0 spiro atoms. The lowest BCUT2D eigenvalue weighted by Crippen LogP contribution is -2.38. The van der Waals surface area contributed by atoms with Crippen LogP contribution in [0, 0.1) is 0 Å². The molecule has 1 aliphatic heterocycles. The first-order valence-corrected chi connectivity index (χ1v) is 8.48. The van der Waals surface area contributed by atoms with E-state index >= 15 is 0 Å². The van der Waals surface area contributed by atoms with Gasteiger partial charge in [0.05, 0.1) is 28.7 Å². The van der Waals surface area contributed by atoms with Gasteiger partial charge in [-0.3, -0.25) is 9.78 Å². The zero-order chi connectivity index (χ0) is 15.0. The Morgan fingerprint density at radius 3 is 2.67 bits per heavy atom. The van der Waals surface area contributed by atoms with Crippen molar-refractivity contribution in [3.05, 3.63) is 36.2 Å². The summed E-state index contributed by atoms with van der Waals surface area (Å²) in [6.07, 6.45) is 1.91. The van der Waals surface area contributed by atoms with Gasteiger partial charge in [-0.2, -0.15) is 0 Å². The third-order valence-corrected chi connectivity index (χ3v) is 5.49. The molecule has 1 unspecified atom stereocenters. The molecule has 1 saturated heterocycles. The molecule has 3 rings (SSSR count). The number of sulfone groups is 1. The minimum atomic E-state index is -3.02. The lowest BCUT2D eigenvalue weighted by Gasteiger charge is -2.22. The van der Waals surface area contributed by atoms with Crippen molar-refractivity contribution in [2.75, 3.05) is 18.6 Å². The van der Waals surface area contributed by atoms with E-state index in [1.165, 1.54) is 11.1 Å². The summed E-state index contributed by atoms with van der Waals surface area (Å²) < 4.78 is 23.0. The van der Waals surface area contributed by atoms with Crippen molar-refractivity contribution < 1.29 is 13.2 Å². The molecule has 1 amide bonds. The van der Waals surface area contributed by atoms with Gasteiger partial charge >= 0.3 is 0 Å². The average Bonchev–Trinajstić information content (AvgIpc) is 2.85. The molecule has 0 radical (unpaired) electrons. The van der Waals surface area contributed by atoms with E-state index in [-0.39, 0.29) is 29.1 Å². The molecule has 1 aliphatic rings. The SMILES string of the molecule is CN(C(=O)c1cnc2ccccc2n1)C1CCS(=O)(=O)C1. The number of fused-ring (bicyclic) bond motifs is 1. The Bertz CT molecular complexity index is 804. The molecular formula is C14H15N3O3S. The monoisotopic (exact) mass is 305 g/mol. The van der Waals surface area contributed by atoms with Gasteiger partial charge in [-0.25, -0.2) is 13.4 Å². The van der Waals surface area contributed by atoms with E-state index < -0.39 is 9.84 Å². The van der Waals surface area contributed by atoms with Crippen LogP contribution in [0.25, 0.3) is 11.0 Å². The van der Waals surface area contributed by atoms with E-state index in [2.05, 4.69) is 9.97 Å². The Hall–Kier alpha value is -2.02. The van der Waals surface area contributed by atoms with E-state index in [0.29, 0.717) is 11.9 Å². The summed E-state index contributed by atoms with van der Waals surface area (Å²) in [6, 6.07) is 7.02. The summed E-state index contributed by atoms with van der Waals surface area (Å²) in [6.45, 7) is 0. The Balaban J connectivity index is 1.86. The lowest BCUT2D eigenvalue weighted by atomic mass is 10.2. The molecule has 110 valence electrons. The zero-order valence-corrected chi connectivity index (χ0v) is 12.4. The second-order valence-electron chi connectivity index (χ2n) is 5.22. The third kappa shape index (κ3) is 2.73. The van der Waals surface area contributed by atoms with Crippen LogP contribution in [0.4, 0.5) is 0 Å². The van der Waals surface area contributed by atoms with Gasteiger partial charge in [-0.15, -0.1) is 0 Å². The fourth-order valence-electron chi connectivity index (χ4n) is 2.49. The fraction of sp³-hybridized carbons (Fsp3) is 0.357. The van der Waals surface area contributed by atoms with Crippen molar-refractivity contribution in [3.63, 3.8) is 0 Å². The number of benzene rings is 1. The van der Waals surface area contributed by atoms with Gasteiger partial charge in [0.2, 0.25) is 0 Å². The van der Waals surface area contributed by atoms with Crippen LogP contribution in [0.1, 0.15) is 16.9 Å². The maximum atomic E-state index is 12.4. The Morgan fingerprint density at radius 2 is 2.00 bits per heavy atom. The van der Waals surface area contributed by atoms with Gasteiger partial charge in [-0.05, 0) is 18.6 Å². The van der Waals surface area contributed by atoms with Gasteiger partial charge in [0.25, 0.3) is 5.91 Å². The molecule has 1 fully saturated rings. The van der Waals surface area contributed by atoms with Crippen LogP contribution < -0.4 is 0 Å². The molecule has 7 heteroatoms. The van der Waals surface area contributed by atoms with Crippen molar-refractivity contribution in [2.24, 2.45) is 0 Å². The number of aromatic nitrogens is 2. The Morgan fingerprint density at radius 1 is 1.29 bits per heavy atom. The predicted octanol–water partition coefficient (Wildman–Crippen LogP) is 0.889. The maximum absolute atomic E-state index is 12.4. The number of carbonyl (C=O) groups excluding carboxylic acids is 1. The number of amides is 1. The first kappa shape index (κ1) is 13.9. The lowest BCUT2D eigenvalue weighted by molar-refractivity contribution is 0.0742. The molecular weight excluding hydrogens is 290 g/mol. The molecule has 0 N–H and O–H groups in total. The van der Waals surface area contributed by atoms with Gasteiger partial charge in [-0.1, -0.05) is 12.1 Å². The van der Waals surface area contributed by atoms with Crippen LogP contribution >= 0.6 is 0 Å². The van der Waals surface area contributed by atoms with Crippen molar-refractivity contribution >= 4 is 26.8 Å². The summed E-state index contributed by atoms with van der Waals surface area (Å²) in [5.41, 5.74) is 1.61. The first-order chi connectivity index (χ1) is 9.96. The molecule has 6 nitrogen and oxygen atoms in total. The standard InChI is InChI=1S/C14H15N3O3S/c1-17(10-6-7-21(19,20)9-10)14(18)13-8-15-11-4-2-3-5-12(11)16-13/h2-5,8,10H,6-7,9H2,1H3. The third-order valence-electron chi connectivity index (χ3n) is 3.74. The van der Waals surface area contributed by atoms with Crippen LogP contribution in [-0.2, 0) is 9.84 Å². The molecule has 1 aromatic heterocycles. The smallest absolute Gasteiger partial charge is 0.274 e. The van der Waals surface area contributed by atoms with Crippen LogP contribution in [0.5, 0.6) is 0 Å². The molecule has 2 heterocycles. The number of rotatable bonds is 2. The van der Waals surface area contributed by atoms with Crippen LogP contribution in [0.3, 0.4) is 0 Å². The van der Waals surface area contributed by atoms with Crippen LogP contribution in [0.2, 0.25) is 0 Å². The minimum absolute atomic E-state index is 0.0241. The summed E-state index contributed by atoms with van der Waals surface area (Å²) in [5.74, 6) is -0.134. The van der Waals surface area contributed by atoms with Gasteiger partial charge in [0, 0.05) is 13.1 Å². The quantitative estimate of drug-likeness (QED) is 0.823. The van der Waals surface area contributed by atoms with Crippen molar-refractivity contribution in [2.45, 2.75) is 12.5 Å². The van der Waals surface area contributed by atoms with E-state index in [1.807, 2.05) is 18.2 Å². The van der Waals surface area contributed by atoms with E-state index in [9.17, 15) is 13.2 Å². The number of nitrogens with zero attached hydrogens (tertiary/aromatic N) is 3. The molecule has 0 bridgehead atoms. The highest BCUT2D eigenvalue weighted by Crippen LogP contribution is 2.18. The van der Waals surface area contributed by atoms with Gasteiger partial charge in [0.1, 0.15) is 5.69 Å². The summed E-state index contributed by atoms with van der Waals surface area (Å²) in [4.78, 5) is 22.4. The fourth-order valence-corrected chi connectivity index (χ4v) is 4.26. The van der Waals surface area contributed by atoms with E-state index in [4.69, 9.17) is 0 Å². The van der Waals surface area contributed by atoms with Crippen LogP contribution in [0.15, 0.2) is 30.5 Å². The Labute approximate surface area is 122 Å². The number of para-hydroxylation sites is 2. The van der Waals surface area contributed by atoms with Gasteiger partial charge < -0.3 is 4.90 Å². The zero-order valence-electron chi connectivity index (χ0n) is 11.6. The largest absolute Gasteiger partial charge is 0.336 e. The second kappa shape index (κ2) is 5.07. The van der Waals surface area contributed by atoms with Crippen molar-refractivity contribution in [1.29, 1.82) is 0 Å². The topological polar surface area (TPSA) is 80.2 Å². The van der Waals surface area contributed by atoms with E-state index in [1.54, 1.807) is 13.1 Å². The molecule has 2 aromatic rings. The summed E-state index contributed by atoms with van der Waals surface area (Å²) in [7, 11) is -1.41. The number of carbonyl (C=O) groups is 1. The highest BCUT2D eigenvalue weighted by Gasteiger charge is 2.33. The van der Waals surface area contributed by atoms with Crippen molar-refractivity contribution in [3.8, 4) is 0 Å². The maximum Gasteiger partial charge on any atom is 0.274 e. The molecule has 0 aliphatic carbocycles. The summed E-state index contributed by atoms with van der Waals surface area (Å²) in [5, 5.41) is 0.